The van der Waals surface area contributed by atoms with Crippen molar-refractivity contribution in [2.24, 2.45) is 11.8 Å². The van der Waals surface area contributed by atoms with E-state index < -0.39 is 97.5 Å². The van der Waals surface area contributed by atoms with Crippen LogP contribution in [0.15, 0.2) is 0 Å². The summed E-state index contributed by atoms with van der Waals surface area (Å²) in [6.07, 6.45) is 68.6. The highest BCUT2D eigenvalue weighted by Gasteiger charge is 2.30. The van der Waals surface area contributed by atoms with Crippen LogP contribution in [0, 0.1) is 11.8 Å². The van der Waals surface area contributed by atoms with Gasteiger partial charge in [0.05, 0.1) is 26.4 Å². The van der Waals surface area contributed by atoms with Gasteiger partial charge in [-0.3, -0.25) is 37.3 Å². The Morgan fingerprint density at radius 2 is 0.442 bits per heavy atom. The lowest BCUT2D eigenvalue weighted by molar-refractivity contribution is -0.161. The van der Waals surface area contributed by atoms with Crippen molar-refractivity contribution in [3.63, 3.8) is 0 Å². The van der Waals surface area contributed by atoms with Crippen LogP contribution in [0.1, 0.15) is 452 Å². The van der Waals surface area contributed by atoms with Crippen molar-refractivity contribution in [1.82, 2.24) is 0 Å². The fraction of sp³-hybridized carbons (Fsp3) is 0.953. The maximum atomic E-state index is 13.1. The van der Waals surface area contributed by atoms with Gasteiger partial charge in [0.25, 0.3) is 0 Å². The minimum atomic E-state index is -4.96. The molecule has 0 aliphatic carbocycles. The SMILES string of the molecule is CCCCCCCCCCCCCCCCCCCCCCCC(=O)O[C@H](COC(=O)CCCCCCCCCCCCCCCCCCC(C)C)COP(=O)(O)OC[C@@H](O)COP(=O)(O)OC[C@@H](COC(=O)CCCCCCC)OC(=O)CCCCCCCCCCCCCCCCCCC(C)C. The molecule has 618 valence electrons. The number of unbranched alkanes of at least 4 members (excludes halogenated alkanes) is 54. The molecule has 0 aromatic heterocycles. The van der Waals surface area contributed by atoms with Gasteiger partial charge in [0.1, 0.15) is 19.3 Å². The van der Waals surface area contributed by atoms with Crippen LogP contribution in [-0.2, 0) is 65.4 Å². The van der Waals surface area contributed by atoms with E-state index >= 15 is 0 Å². The summed E-state index contributed by atoms with van der Waals surface area (Å²) >= 11 is 0. The molecule has 0 rings (SSSR count). The van der Waals surface area contributed by atoms with E-state index in [4.69, 9.17) is 37.0 Å². The molecular weight excluding hydrogens is 1350 g/mol. The molecule has 0 spiro atoms. The molecule has 0 amide bonds. The zero-order chi connectivity index (χ0) is 76.4. The van der Waals surface area contributed by atoms with Crippen molar-refractivity contribution < 1.29 is 80.2 Å². The van der Waals surface area contributed by atoms with Gasteiger partial charge in [-0.1, -0.05) is 401 Å². The number of esters is 4. The third kappa shape index (κ3) is 78.2. The van der Waals surface area contributed by atoms with Crippen LogP contribution in [-0.4, -0.2) is 96.7 Å². The summed E-state index contributed by atoms with van der Waals surface area (Å²) in [6, 6.07) is 0. The molecule has 0 saturated heterocycles. The molecule has 0 heterocycles. The highest BCUT2D eigenvalue weighted by Crippen LogP contribution is 2.45. The molecule has 104 heavy (non-hydrogen) atoms. The van der Waals surface area contributed by atoms with E-state index in [2.05, 4.69) is 41.5 Å². The van der Waals surface area contributed by atoms with Crippen LogP contribution >= 0.6 is 15.6 Å². The molecule has 3 N–H and O–H groups in total. The first-order chi connectivity index (χ1) is 50.4. The molecule has 0 bridgehead atoms. The number of phosphoric acid groups is 2. The van der Waals surface area contributed by atoms with Crippen molar-refractivity contribution in [2.75, 3.05) is 39.6 Å². The summed E-state index contributed by atoms with van der Waals surface area (Å²) in [5.41, 5.74) is 0. The van der Waals surface area contributed by atoms with Crippen LogP contribution in [0.25, 0.3) is 0 Å². The van der Waals surface area contributed by atoms with Gasteiger partial charge >= 0.3 is 39.5 Å². The summed E-state index contributed by atoms with van der Waals surface area (Å²) < 4.78 is 68.6. The second kappa shape index (κ2) is 76.4. The maximum Gasteiger partial charge on any atom is 0.472 e. The molecule has 19 heteroatoms. The standard InChI is InChI=1S/C85H166O17P2/c1-7-9-11-13-14-15-16-17-18-19-20-21-22-23-31-36-41-46-51-58-64-70-85(90)102-81(74-96-83(88)68-62-56-50-45-40-35-30-26-24-28-33-38-43-48-54-59-65-77(3)4)76-100-104(93,94)98-72-79(86)71-97-103(91,92)99-75-80(73-95-82(87)67-61-53-12-10-8-2)101-84(89)69-63-57-52-47-42-37-32-27-25-29-34-39-44-49-55-60-66-78(5)6/h77-81,86H,7-76H2,1-6H3,(H,91,92)(H,93,94)/t79-,80+,81+/m0/s1. The predicted octanol–water partition coefficient (Wildman–Crippen LogP) is 25.8. The number of aliphatic hydroxyl groups is 1. The van der Waals surface area contributed by atoms with Crippen LogP contribution < -0.4 is 0 Å². The highest BCUT2D eigenvalue weighted by atomic mass is 31.2. The Morgan fingerprint density at radius 3 is 0.654 bits per heavy atom. The average molecular weight is 1520 g/mol. The molecule has 0 fully saturated rings. The van der Waals surface area contributed by atoms with E-state index in [1.807, 2.05) is 0 Å². The van der Waals surface area contributed by atoms with Crippen LogP contribution in [0.3, 0.4) is 0 Å². The Labute approximate surface area is 638 Å². The van der Waals surface area contributed by atoms with E-state index in [9.17, 15) is 43.2 Å². The smallest absolute Gasteiger partial charge is 0.462 e. The molecule has 0 radical (unpaired) electrons. The normalized spacial score (nSPS) is 13.8. The number of ether oxygens (including phenoxy) is 4. The number of aliphatic hydroxyl groups excluding tert-OH is 1. The summed E-state index contributed by atoms with van der Waals surface area (Å²) in [4.78, 5) is 72.9. The van der Waals surface area contributed by atoms with Crippen LogP contribution in [0.4, 0.5) is 0 Å². The number of carbonyl (C=O) groups is 4. The minimum absolute atomic E-state index is 0.107. The van der Waals surface area contributed by atoms with Crippen LogP contribution in [0.5, 0.6) is 0 Å². The number of hydrogen-bond donors (Lipinski definition) is 3. The van der Waals surface area contributed by atoms with Crippen molar-refractivity contribution in [3.8, 4) is 0 Å². The van der Waals surface area contributed by atoms with Gasteiger partial charge < -0.3 is 33.8 Å². The van der Waals surface area contributed by atoms with Gasteiger partial charge in [-0.15, -0.1) is 0 Å². The summed E-state index contributed by atoms with van der Waals surface area (Å²) in [5, 5.41) is 10.6. The molecule has 2 unspecified atom stereocenters. The molecule has 0 aliphatic heterocycles. The zero-order valence-corrected chi connectivity index (χ0v) is 70.1. The van der Waals surface area contributed by atoms with Crippen molar-refractivity contribution >= 4 is 39.5 Å². The van der Waals surface area contributed by atoms with Gasteiger partial charge in [0.15, 0.2) is 12.2 Å². The summed E-state index contributed by atoms with van der Waals surface area (Å²) in [5.74, 6) is -0.494. The average Bonchev–Trinajstić information content (AvgIpc) is 0.905. The molecular formula is C85H166O17P2. The van der Waals surface area contributed by atoms with E-state index in [1.165, 1.54) is 263 Å². The summed E-state index contributed by atoms with van der Waals surface area (Å²) in [6.45, 7) is 9.63. The van der Waals surface area contributed by atoms with Gasteiger partial charge in [0, 0.05) is 25.7 Å². The zero-order valence-electron chi connectivity index (χ0n) is 68.3. The van der Waals surface area contributed by atoms with Crippen molar-refractivity contribution in [1.29, 1.82) is 0 Å². The quantitative estimate of drug-likeness (QED) is 0.0222. The van der Waals surface area contributed by atoms with Crippen molar-refractivity contribution in [2.45, 2.75) is 471 Å². The van der Waals surface area contributed by atoms with Gasteiger partial charge in [-0.05, 0) is 37.5 Å². The second-order valence-corrected chi connectivity index (χ2v) is 34.4. The number of carbonyl (C=O) groups excluding carboxylic acids is 4. The van der Waals surface area contributed by atoms with Gasteiger partial charge in [-0.2, -0.15) is 0 Å². The first-order valence-corrected chi connectivity index (χ1v) is 47.0. The molecule has 5 atom stereocenters. The van der Waals surface area contributed by atoms with Gasteiger partial charge in [-0.25, -0.2) is 9.13 Å². The fourth-order valence-corrected chi connectivity index (χ4v) is 14.8. The molecule has 0 aromatic rings. The number of phosphoric ester groups is 2. The third-order valence-corrected chi connectivity index (χ3v) is 21.9. The van der Waals surface area contributed by atoms with E-state index in [-0.39, 0.29) is 25.7 Å². The number of rotatable bonds is 84. The molecule has 17 nitrogen and oxygen atoms in total. The van der Waals surface area contributed by atoms with E-state index in [0.717, 1.165) is 108 Å². The maximum absolute atomic E-state index is 13.1. The van der Waals surface area contributed by atoms with Crippen LogP contribution in [0.2, 0.25) is 0 Å². The van der Waals surface area contributed by atoms with E-state index in [0.29, 0.717) is 25.7 Å². The lowest BCUT2D eigenvalue weighted by Gasteiger charge is -2.21. The lowest BCUT2D eigenvalue weighted by atomic mass is 10.0. The first kappa shape index (κ1) is 102. The fourth-order valence-electron chi connectivity index (χ4n) is 13.2. The first-order valence-electron chi connectivity index (χ1n) is 44.0. The Kier molecular flexibility index (Phi) is 75.0. The Balaban J connectivity index is 5.10. The van der Waals surface area contributed by atoms with Gasteiger partial charge in [0.2, 0.25) is 0 Å². The summed E-state index contributed by atoms with van der Waals surface area (Å²) in [7, 11) is -9.91. The third-order valence-electron chi connectivity index (χ3n) is 20.0. The Morgan fingerprint density at radius 1 is 0.260 bits per heavy atom. The second-order valence-electron chi connectivity index (χ2n) is 31.5. The van der Waals surface area contributed by atoms with Crippen molar-refractivity contribution in [3.05, 3.63) is 0 Å². The lowest BCUT2D eigenvalue weighted by Crippen LogP contribution is -2.30. The monoisotopic (exact) mass is 1520 g/mol. The molecule has 0 saturated carbocycles. The molecule has 0 aromatic carbocycles. The highest BCUT2D eigenvalue weighted by molar-refractivity contribution is 7.47. The predicted molar refractivity (Wildman–Crippen MR) is 428 cm³/mol. The number of hydrogen-bond acceptors (Lipinski definition) is 15. The van der Waals surface area contributed by atoms with E-state index in [1.54, 1.807) is 0 Å². The Bertz CT molecular complexity index is 1990. The minimum Gasteiger partial charge on any atom is -0.462 e. The largest absolute Gasteiger partial charge is 0.472 e. The Hall–Kier alpha value is -1.94. The topological polar surface area (TPSA) is 237 Å². The molecule has 0 aliphatic rings.